The quantitative estimate of drug-likeness (QED) is 0.0169. The van der Waals surface area contributed by atoms with E-state index in [1.807, 2.05) is 54.6 Å². The van der Waals surface area contributed by atoms with Gasteiger partial charge in [-0.05, 0) is 118 Å². The maximum Gasteiger partial charge on any atom is 0.303 e. The van der Waals surface area contributed by atoms with E-state index in [1.165, 1.54) is 25.7 Å². The molecule has 9 N–H and O–H groups in total. The number of esters is 9. The number of likely N-dealkylation sites (tertiary alicyclic amines) is 1. The number of benzene rings is 3. The molecule has 4 aliphatic rings. The van der Waals surface area contributed by atoms with E-state index < -0.39 is 249 Å². The van der Waals surface area contributed by atoms with Crippen molar-refractivity contribution in [1.82, 2.24) is 52.3 Å². The van der Waals surface area contributed by atoms with Gasteiger partial charge in [0, 0.05) is 187 Å². The maximum absolute atomic E-state index is 14.9. The molecule has 4 heterocycles. The van der Waals surface area contributed by atoms with Crippen LogP contribution < -0.4 is 52.0 Å². The van der Waals surface area contributed by atoms with Crippen molar-refractivity contribution in [2.45, 2.75) is 302 Å². The average molecular weight is 2120 g/mol. The molecule has 0 aliphatic carbocycles. The average Bonchev–Trinajstić information content (AvgIpc) is 0.745. The van der Waals surface area contributed by atoms with E-state index in [-0.39, 0.29) is 155 Å². The molecule has 48 heteroatoms. The van der Waals surface area contributed by atoms with Crippen molar-refractivity contribution in [3.05, 3.63) is 95.6 Å². The summed E-state index contributed by atoms with van der Waals surface area (Å²) in [4.78, 5) is 252. The Morgan fingerprint density at radius 1 is 0.393 bits per heavy atom. The molecule has 832 valence electrons. The molecular weight excluding hydrogens is 1970 g/mol. The molecule has 0 bridgehead atoms. The summed E-state index contributed by atoms with van der Waals surface area (Å²) in [6.45, 7) is 11.0. The largest absolute Gasteiger partial charge is 0.497 e. The zero-order valence-corrected chi connectivity index (χ0v) is 87.5. The maximum atomic E-state index is 14.9. The first-order valence-electron chi connectivity index (χ1n) is 50.1. The van der Waals surface area contributed by atoms with Crippen LogP contribution in [0.4, 0.5) is 0 Å². The standard InChI is InChI=1S/C102H146N10O38/c1-60(114)106-88-94(145-69(10)123)91(142-66(7)120)80(57-138-63(4)117)148-99(88)135-52-24-20-29-83(126)103-46-50-111(51-47-104-84(127)30-21-25-53-136-100-89(107-61(2)115)95(146-70(11)124)92(143-67(8)121)81(149-100)58-139-64(5)118)87(130)42-41-78(109-85(128)32-22-26-54-137-101-90(108-62(3)116)96(147-71(12)125)93(144-68(9)122)82(150-101)59-140-65(6)119)97(131)105-45-23-16-19-31-86(129)110-79(98(132)112-48-43-72(55-113)44-49-112)56-141-102(73-27-17-15-18-28-73,74-33-37-76(133-13)38-34-74)75-35-39-77(134-14)40-36-75/h15,17-18,27-28,33-40,72,78-82,88-96,99-101,113H,16,19-26,29-32,41-59H2,1-14H3,(H,103,126)(H,104,127)(H,105,131)(H,106,114)(H,107,115)(H,108,116)(H,109,128)(H,110,129)/t78-,79-,80?,81?,82?,88?,89?,90?,91?,92?,93?,94?,95?,96?,99?,100?,101?/m0/s1. The van der Waals surface area contributed by atoms with E-state index in [0.29, 0.717) is 60.5 Å². The predicted molar refractivity (Wildman–Crippen MR) is 523 cm³/mol. The highest BCUT2D eigenvalue weighted by molar-refractivity contribution is 5.89. The third-order valence-corrected chi connectivity index (χ3v) is 24.4. The molecule has 4 fully saturated rings. The van der Waals surface area contributed by atoms with Crippen LogP contribution in [-0.2, 0) is 172 Å². The zero-order valence-electron chi connectivity index (χ0n) is 87.5. The van der Waals surface area contributed by atoms with Crippen LogP contribution in [-0.4, -0.2) is 345 Å². The van der Waals surface area contributed by atoms with Gasteiger partial charge in [-0.3, -0.25) is 91.1 Å². The summed E-state index contributed by atoms with van der Waals surface area (Å²) >= 11 is 0. The molecular formula is C102H146N10O38. The van der Waals surface area contributed by atoms with Crippen LogP contribution in [0.2, 0.25) is 0 Å². The number of hydrogen-bond donors (Lipinski definition) is 9. The van der Waals surface area contributed by atoms with Gasteiger partial charge in [-0.2, -0.15) is 0 Å². The van der Waals surface area contributed by atoms with E-state index in [9.17, 15) is 96.2 Å². The Hall–Kier alpha value is -13.1. The SMILES string of the molecule is COc1ccc(C(OC[C@H](NC(=O)CCCCCNC(=O)[C@H](CCC(=O)N(CCNC(=O)CCCCOC2OC(COC(C)=O)C(OC(C)=O)C(OC(C)=O)C2NC(C)=O)CCNC(=O)CCCCOC2OC(COC(C)=O)C(OC(C)=O)C(OC(C)=O)C2NC(C)=O)NC(=O)CCCCOC2OC(COC(C)=O)C(OC(C)=O)C(OC(C)=O)C2NC(C)=O)C(=O)N2CCC(CO)CC2)(c2ccccc2)c2ccc(OC)cc2)cc1. The minimum atomic E-state index is -1.44. The number of rotatable bonds is 61. The number of carbonyl (C=O) groups excluding carboxylic acids is 19. The van der Waals surface area contributed by atoms with Crippen molar-refractivity contribution >= 4 is 113 Å². The second-order valence-corrected chi connectivity index (χ2v) is 36.4. The van der Waals surface area contributed by atoms with Gasteiger partial charge in [-0.15, -0.1) is 0 Å². The van der Waals surface area contributed by atoms with E-state index in [4.69, 9.17) is 85.3 Å². The summed E-state index contributed by atoms with van der Waals surface area (Å²) < 4.78 is 104. The van der Waals surface area contributed by atoms with Gasteiger partial charge in [0.25, 0.3) is 0 Å². The number of nitrogens with zero attached hydrogens (tertiary/aromatic N) is 2. The second kappa shape index (κ2) is 64.4. The lowest BCUT2D eigenvalue weighted by Crippen LogP contribution is -2.66. The van der Waals surface area contributed by atoms with Gasteiger partial charge in [0.05, 0.1) is 20.8 Å². The lowest BCUT2D eigenvalue weighted by Gasteiger charge is -2.44. The molecule has 10 amide bonds. The summed E-state index contributed by atoms with van der Waals surface area (Å²) in [5.41, 5.74) is 0.671. The highest BCUT2D eigenvalue weighted by Crippen LogP contribution is 2.43. The molecule has 48 nitrogen and oxygen atoms in total. The van der Waals surface area contributed by atoms with E-state index in [0.717, 1.165) is 62.3 Å². The van der Waals surface area contributed by atoms with Crippen LogP contribution in [0.1, 0.15) is 209 Å². The second-order valence-electron chi connectivity index (χ2n) is 36.4. The topological polar surface area (TPSA) is 613 Å². The molecule has 3 aromatic rings. The summed E-state index contributed by atoms with van der Waals surface area (Å²) in [6.07, 6.45) is -15.0. The van der Waals surface area contributed by atoms with Crippen LogP contribution in [0.5, 0.6) is 11.5 Å². The van der Waals surface area contributed by atoms with Gasteiger partial charge in [-0.1, -0.05) is 61.0 Å². The Morgan fingerprint density at radius 3 is 1.09 bits per heavy atom. The Morgan fingerprint density at radius 2 is 0.740 bits per heavy atom. The molecule has 15 unspecified atom stereocenters. The van der Waals surface area contributed by atoms with E-state index in [1.54, 1.807) is 43.4 Å². The number of unbranched alkanes of at least 4 members (excludes halogenated alkanes) is 5. The predicted octanol–water partition coefficient (Wildman–Crippen LogP) is 2.26. The molecule has 0 radical (unpaired) electrons. The lowest BCUT2D eigenvalue weighted by atomic mass is 9.80. The van der Waals surface area contributed by atoms with Crippen LogP contribution in [0, 0.1) is 5.92 Å². The first-order valence-corrected chi connectivity index (χ1v) is 50.1. The van der Waals surface area contributed by atoms with Crippen LogP contribution >= 0.6 is 0 Å². The molecule has 0 saturated carbocycles. The minimum Gasteiger partial charge on any atom is -0.497 e. The number of ether oxygens (including phenoxy) is 18. The zero-order chi connectivity index (χ0) is 110. The monoisotopic (exact) mass is 2120 g/mol. The summed E-state index contributed by atoms with van der Waals surface area (Å²) in [6, 6.07) is 17.5. The van der Waals surface area contributed by atoms with Crippen LogP contribution in [0.15, 0.2) is 78.9 Å². The van der Waals surface area contributed by atoms with Crippen molar-refractivity contribution in [2.75, 3.05) is 113 Å². The van der Waals surface area contributed by atoms with Crippen LogP contribution in [0.25, 0.3) is 0 Å². The highest BCUT2D eigenvalue weighted by atomic mass is 16.7. The number of aliphatic hydroxyl groups is 1. The molecule has 17 atom stereocenters. The summed E-state index contributed by atoms with van der Waals surface area (Å²) in [5, 5.41) is 32.1. The fourth-order valence-corrected chi connectivity index (χ4v) is 17.4. The summed E-state index contributed by atoms with van der Waals surface area (Å²) in [5.74, 6) is -11.7. The first-order chi connectivity index (χ1) is 71.5. The Kier molecular flexibility index (Phi) is 53.2. The molecule has 150 heavy (non-hydrogen) atoms. The van der Waals surface area contributed by atoms with Crippen molar-refractivity contribution in [3.8, 4) is 11.5 Å². The first kappa shape index (κ1) is 124. The van der Waals surface area contributed by atoms with Crippen molar-refractivity contribution in [2.24, 2.45) is 5.92 Å². The number of aliphatic hydroxyl groups excluding tert-OH is 1. The van der Waals surface area contributed by atoms with Crippen molar-refractivity contribution in [3.63, 3.8) is 0 Å². The van der Waals surface area contributed by atoms with Crippen molar-refractivity contribution < 1.29 is 181 Å². The van der Waals surface area contributed by atoms with Gasteiger partial charge >= 0.3 is 53.7 Å². The van der Waals surface area contributed by atoms with E-state index in [2.05, 4.69) is 42.5 Å². The van der Waals surface area contributed by atoms with Gasteiger partial charge in [0.2, 0.25) is 59.1 Å². The van der Waals surface area contributed by atoms with Crippen LogP contribution in [0.3, 0.4) is 0 Å². The number of piperidine rings is 1. The normalized spacial score (nSPS) is 21.4. The molecule has 0 spiro atoms. The fraction of sp³-hybridized carbons (Fsp3) is 0.637. The van der Waals surface area contributed by atoms with Gasteiger partial charge in [-0.25, -0.2) is 0 Å². The van der Waals surface area contributed by atoms with Crippen molar-refractivity contribution in [1.29, 1.82) is 0 Å². The Bertz CT molecular complexity index is 4760. The molecule has 4 aliphatic heterocycles. The van der Waals surface area contributed by atoms with Gasteiger partial charge < -0.3 is 143 Å². The number of amides is 10. The summed E-state index contributed by atoms with van der Waals surface area (Å²) in [7, 11) is 3.10. The molecule has 7 rings (SSSR count). The number of nitrogens with one attached hydrogen (secondary N) is 8. The minimum absolute atomic E-state index is 0.0130. The third kappa shape index (κ3) is 42.0. The number of methoxy groups -OCH3 is 2. The lowest BCUT2D eigenvalue weighted by molar-refractivity contribution is -0.277. The molecule has 0 aromatic heterocycles. The van der Waals surface area contributed by atoms with E-state index >= 15 is 0 Å². The fourth-order valence-electron chi connectivity index (χ4n) is 17.4. The molecule has 4 saturated heterocycles. The third-order valence-electron chi connectivity index (χ3n) is 24.4. The van der Waals surface area contributed by atoms with Gasteiger partial charge in [0.15, 0.2) is 55.5 Å². The Balaban J connectivity index is 1.09. The smallest absolute Gasteiger partial charge is 0.303 e. The number of hydrogen-bond acceptors (Lipinski definition) is 38. The molecule has 3 aromatic carbocycles. The highest BCUT2D eigenvalue weighted by Gasteiger charge is 2.55. The van der Waals surface area contributed by atoms with Gasteiger partial charge in [0.1, 0.15) is 85.4 Å². The number of carbonyl (C=O) groups is 19. The Labute approximate surface area is 870 Å².